The number of nitrogens with zero attached hydrogens (tertiary/aromatic N) is 12. The van der Waals surface area contributed by atoms with Gasteiger partial charge in [-0.05, 0) is 101 Å². The smallest absolute Gasteiger partial charge is 0.268 e. The molecule has 6 aromatic rings. The van der Waals surface area contributed by atoms with Gasteiger partial charge < -0.3 is 25.0 Å². The van der Waals surface area contributed by atoms with E-state index in [1.165, 1.54) is 21.8 Å². The first-order chi connectivity index (χ1) is 35.4. The number of amides is 2. The number of aryl methyl sites for hydroxylation is 4. The van der Waals surface area contributed by atoms with Gasteiger partial charge in [-0.2, -0.15) is 10.2 Å². The van der Waals surface area contributed by atoms with E-state index in [9.17, 15) is 26.4 Å². The number of aromatic nitrogens is 10. The number of ether oxygens (including phenoxy) is 2. The summed E-state index contributed by atoms with van der Waals surface area (Å²) < 4.78 is 67.5. The predicted molar refractivity (Wildman–Crippen MR) is 295 cm³/mol. The Labute approximate surface area is 457 Å². The molecule has 8 rings (SSSR count). The number of halogens is 1. The average molecular weight is 1120 g/mol. The second-order valence-corrected chi connectivity index (χ2v) is 27.9. The van der Waals surface area contributed by atoms with Crippen molar-refractivity contribution in [2.45, 2.75) is 131 Å². The number of nitrogens with one attached hydrogen (secondary N) is 1. The fourth-order valence-corrected chi connectivity index (χ4v) is 11.6. The maximum absolute atomic E-state index is 13.4. The van der Waals surface area contributed by atoms with E-state index < -0.39 is 30.9 Å². The zero-order valence-electron chi connectivity index (χ0n) is 47.1. The average Bonchev–Trinajstić information content (AvgIpc) is 4.16. The Bertz CT molecular complexity index is 3330. The Morgan fingerprint density at radius 3 is 1.42 bits per heavy atom. The predicted octanol–water partition coefficient (Wildman–Crippen LogP) is 7.55. The molecule has 0 unspecified atom stereocenters. The molecular formula is C52H75ClN14O8S2. The Morgan fingerprint density at radius 1 is 0.675 bits per heavy atom. The normalized spacial score (nSPS) is 17.3. The molecule has 2 fully saturated rings. The highest BCUT2D eigenvalue weighted by atomic mass is 35.7. The van der Waals surface area contributed by atoms with Crippen LogP contribution in [0.1, 0.15) is 128 Å². The Morgan fingerprint density at radius 2 is 1.08 bits per heavy atom. The molecule has 0 spiro atoms. The number of primary amides is 1. The first-order valence-corrected chi connectivity index (χ1v) is 29.0. The van der Waals surface area contributed by atoms with E-state index in [2.05, 4.69) is 118 Å². The van der Waals surface area contributed by atoms with Crippen LogP contribution >= 0.6 is 10.7 Å². The van der Waals surface area contributed by atoms with Crippen LogP contribution in [-0.4, -0.2) is 115 Å². The van der Waals surface area contributed by atoms with Crippen LogP contribution in [0.5, 0.6) is 11.8 Å². The maximum Gasteiger partial charge on any atom is 0.268 e. The highest BCUT2D eigenvalue weighted by molar-refractivity contribution is 8.13. The summed E-state index contributed by atoms with van der Waals surface area (Å²) in [6, 6.07) is 10.3. The van der Waals surface area contributed by atoms with Crippen molar-refractivity contribution in [1.82, 2.24) is 53.8 Å². The van der Waals surface area contributed by atoms with Crippen molar-refractivity contribution >= 4 is 53.2 Å². The molecule has 420 valence electrons. The standard InChI is InChI=1S/C26H37N7O4S.C21H31N5O2.C5H7ClN2O2S/c1-17-13-26(6,7)32(14-17)23-19(24(34)30-38(35,36)20-15-31(8)28-18(20)2)9-10-21(27-23)33-12-11-22(29-33)37-16-25(3,4)5;1-14-11-21(5,6)25(12-14)19-15(18(22)27)7-8-16(23-19)26-10-9-17(24-26)28-13-20(2,3)4;1-4-5(11(6,9)10)3-8(2)7-4/h9-12,15,17H,13-14,16H2,1-8H3,(H,30,34);7-10,14H,11-13H2,1-6H3,(H2,22,27);3H,1-2H3/t17-;14-;/m00./s1. The molecule has 77 heavy (non-hydrogen) atoms. The molecule has 2 amide bonds. The highest BCUT2D eigenvalue weighted by Gasteiger charge is 2.41. The number of nitrogens with two attached hydrogens (primary N) is 1. The minimum Gasteiger partial charge on any atom is -0.476 e. The van der Waals surface area contributed by atoms with Gasteiger partial charge in [0.1, 0.15) is 21.4 Å². The summed E-state index contributed by atoms with van der Waals surface area (Å²) in [4.78, 5) is 39.3. The number of hydrogen-bond donors (Lipinski definition) is 2. The van der Waals surface area contributed by atoms with E-state index in [4.69, 9.17) is 35.9 Å². The van der Waals surface area contributed by atoms with Crippen LogP contribution in [0.15, 0.2) is 71.0 Å². The lowest BCUT2D eigenvalue weighted by molar-refractivity contribution is 0.0978. The Balaban J connectivity index is 0.000000214. The summed E-state index contributed by atoms with van der Waals surface area (Å²) in [5, 5.41) is 16.9. The van der Waals surface area contributed by atoms with E-state index in [-0.39, 0.29) is 37.3 Å². The van der Waals surface area contributed by atoms with Crippen molar-refractivity contribution in [1.29, 1.82) is 0 Å². The number of hydrogen-bond acceptors (Lipinski definition) is 16. The number of carbonyl (C=O) groups excluding carboxylic acids is 2. The first-order valence-electron chi connectivity index (χ1n) is 25.2. The van der Waals surface area contributed by atoms with Crippen molar-refractivity contribution in [3.8, 4) is 23.4 Å². The molecule has 0 radical (unpaired) electrons. The fraction of sp³-hybridized carbons (Fsp3) is 0.538. The third kappa shape index (κ3) is 15.2. The Hall–Kier alpha value is -6.53. The van der Waals surface area contributed by atoms with Crippen LogP contribution in [0.25, 0.3) is 11.6 Å². The van der Waals surface area contributed by atoms with Crippen LogP contribution < -0.4 is 29.7 Å². The van der Waals surface area contributed by atoms with Crippen molar-refractivity contribution in [3.63, 3.8) is 0 Å². The zero-order chi connectivity index (χ0) is 57.4. The van der Waals surface area contributed by atoms with Crippen molar-refractivity contribution in [2.75, 3.05) is 36.1 Å². The lowest BCUT2D eigenvalue weighted by atomic mass is 9.97. The molecule has 25 heteroatoms. The second-order valence-electron chi connectivity index (χ2n) is 23.7. The van der Waals surface area contributed by atoms with Gasteiger partial charge >= 0.3 is 0 Å². The maximum atomic E-state index is 13.4. The van der Waals surface area contributed by atoms with Crippen molar-refractivity contribution in [2.24, 2.45) is 42.5 Å². The molecule has 2 saturated heterocycles. The number of rotatable bonds is 13. The molecule has 0 aromatic carbocycles. The van der Waals surface area contributed by atoms with Gasteiger partial charge in [-0.25, -0.2) is 40.9 Å². The van der Waals surface area contributed by atoms with Crippen LogP contribution in [0.3, 0.4) is 0 Å². The van der Waals surface area contributed by atoms with Crippen LogP contribution in [-0.2, 0) is 33.2 Å². The van der Waals surface area contributed by atoms with E-state index >= 15 is 0 Å². The summed E-state index contributed by atoms with van der Waals surface area (Å²) >= 11 is 0. The summed E-state index contributed by atoms with van der Waals surface area (Å²) in [6.07, 6.45) is 8.24. The highest BCUT2D eigenvalue weighted by Crippen LogP contribution is 2.39. The van der Waals surface area contributed by atoms with E-state index in [1.54, 1.807) is 73.8 Å². The monoisotopic (exact) mass is 1120 g/mol. The van der Waals surface area contributed by atoms with Crippen LogP contribution in [0, 0.1) is 36.5 Å². The molecule has 22 nitrogen and oxygen atoms in total. The quantitative estimate of drug-likeness (QED) is 0.106. The van der Waals surface area contributed by atoms with Gasteiger partial charge in [0.15, 0.2) is 11.6 Å². The van der Waals surface area contributed by atoms with Crippen molar-refractivity contribution < 1.29 is 35.9 Å². The minimum atomic E-state index is -4.14. The largest absolute Gasteiger partial charge is 0.476 e. The second kappa shape index (κ2) is 22.4. The van der Waals surface area contributed by atoms with Crippen LogP contribution in [0.4, 0.5) is 11.6 Å². The number of pyridine rings is 2. The minimum absolute atomic E-state index is 0.0169. The number of sulfonamides is 1. The molecule has 0 bridgehead atoms. The van der Waals surface area contributed by atoms with E-state index in [1.807, 2.05) is 12.3 Å². The summed E-state index contributed by atoms with van der Waals surface area (Å²) in [5.74, 6) is 2.81. The molecule has 2 atom stereocenters. The third-order valence-corrected chi connectivity index (χ3v) is 15.4. The molecule has 2 aliphatic heterocycles. The molecular weight excluding hydrogens is 1050 g/mol. The number of anilines is 2. The molecule has 0 saturated carbocycles. The SMILES string of the molecule is C[C@@H]1CN(c2nc(-n3ccc(OCC(C)(C)C)n3)ccc2C(N)=O)C(C)(C)C1.Cc1nn(C)cc1S(=O)(=O)Cl.Cc1nn(C)cc1S(=O)(=O)NC(=O)c1ccc(-n2ccc(OCC(C)(C)C)n2)nc1N1C[C@@H](C)CC1(C)C. The van der Waals surface area contributed by atoms with Crippen molar-refractivity contribution in [3.05, 3.63) is 83.7 Å². The van der Waals surface area contributed by atoms with Crippen LogP contribution in [0.2, 0.25) is 0 Å². The molecule has 8 heterocycles. The molecule has 6 aromatic heterocycles. The van der Waals surface area contributed by atoms with E-state index in [0.29, 0.717) is 83.6 Å². The van der Waals surface area contributed by atoms with Gasteiger partial charge in [0.05, 0.1) is 35.7 Å². The first kappa shape index (κ1) is 59.7. The topological polar surface area (TPSA) is 262 Å². The van der Waals surface area contributed by atoms with Gasteiger partial charge in [-0.1, -0.05) is 55.4 Å². The van der Waals surface area contributed by atoms with Gasteiger partial charge in [0.2, 0.25) is 11.8 Å². The summed E-state index contributed by atoms with van der Waals surface area (Å²) in [7, 11) is 0.597. The summed E-state index contributed by atoms with van der Waals surface area (Å²) in [5.41, 5.74) is 6.60. The fourth-order valence-electron chi connectivity index (χ4n) is 9.33. The van der Waals surface area contributed by atoms with Gasteiger partial charge in [-0.15, -0.1) is 10.2 Å². The van der Waals surface area contributed by atoms with E-state index in [0.717, 1.165) is 19.4 Å². The lowest BCUT2D eigenvalue weighted by Crippen LogP contribution is -2.41. The lowest BCUT2D eigenvalue weighted by Gasteiger charge is -2.34. The van der Waals surface area contributed by atoms with Gasteiger partial charge in [-0.3, -0.25) is 19.0 Å². The third-order valence-electron chi connectivity index (χ3n) is 12.5. The Kier molecular flexibility index (Phi) is 17.4. The summed E-state index contributed by atoms with van der Waals surface area (Å²) in [6.45, 7) is 31.2. The molecule has 0 aliphatic carbocycles. The molecule has 3 N–H and O–H groups in total. The number of carbonyl (C=O) groups is 2. The molecule has 2 aliphatic rings. The zero-order valence-corrected chi connectivity index (χ0v) is 49.5. The van der Waals surface area contributed by atoms with Gasteiger partial charge in [0, 0.05) is 85.9 Å². The van der Waals surface area contributed by atoms with Gasteiger partial charge in [0.25, 0.3) is 30.9 Å².